The summed E-state index contributed by atoms with van der Waals surface area (Å²) in [5.74, 6) is 1.21. The molecule has 1 fully saturated rings. The number of nitrogens with one attached hydrogen (secondary N) is 1. The van der Waals surface area contributed by atoms with Crippen molar-refractivity contribution in [3.8, 4) is 0 Å². The molecule has 1 aliphatic heterocycles. The maximum Gasteiger partial charge on any atom is 0.134 e. The van der Waals surface area contributed by atoms with E-state index >= 15 is 0 Å². The number of rotatable bonds is 6. The Labute approximate surface area is 148 Å². The molecule has 1 aromatic heterocycles. The van der Waals surface area contributed by atoms with Gasteiger partial charge in [0, 0.05) is 31.7 Å². The molecule has 0 saturated carbocycles. The van der Waals surface area contributed by atoms with Gasteiger partial charge >= 0.3 is 0 Å². The van der Waals surface area contributed by atoms with Gasteiger partial charge in [0.2, 0.25) is 0 Å². The first-order chi connectivity index (χ1) is 12.1. The molecule has 1 aromatic carbocycles. The van der Waals surface area contributed by atoms with E-state index in [2.05, 4.69) is 45.3 Å². The summed E-state index contributed by atoms with van der Waals surface area (Å²) in [4.78, 5) is 10.3. The monoisotopic (exact) mass is 339 g/mol. The SMILES string of the molecule is C/C(=C\c1ccccc1)CNC[C@H]1C[C@@H](O)CN1c1cc(N)ncn1. The number of hydrogen-bond acceptors (Lipinski definition) is 6. The molecule has 0 bridgehead atoms. The molecule has 2 aromatic rings. The van der Waals surface area contributed by atoms with E-state index in [0.29, 0.717) is 12.4 Å². The van der Waals surface area contributed by atoms with Gasteiger partial charge in [-0.3, -0.25) is 0 Å². The lowest BCUT2D eigenvalue weighted by Gasteiger charge is -2.25. The summed E-state index contributed by atoms with van der Waals surface area (Å²) in [6.45, 7) is 4.27. The van der Waals surface area contributed by atoms with Crippen LogP contribution in [0.3, 0.4) is 0 Å². The third kappa shape index (κ3) is 4.78. The number of benzene rings is 1. The van der Waals surface area contributed by atoms with Crippen molar-refractivity contribution in [1.82, 2.24) is 15.3 Å². The highest BCUT2D eigenvalue weighted by Gasteiger charge is 2.31. The average Bonchev–Trinajstić information content (AvgIpc) is 2.96. The van der Waals surface area contributed by atoms with E-state index in [1.54, 1.807) is 6.07 Å². The zero-order chi connectivity index (χ0) is 17.6. The van der Waals surface area contributed by atoms with Crippen molar-refractivity contribution >= 4 is 17.7 Å². The minimum Gasteiger partial charge on any atom is -0.391 e. The fourth-order valence-electron chi connectivity index (χ4n) is 3.21. The second-order valence-electron chi connectivity index (χ2n) is 6.53. The molecular formula is C19H25N5O. The maximum absolute atomic E-state index is 10.0. The quantitative estimate of drug-likeness (QED) is 0.742. The van der Waals surface area contributed by atoms with Crippen molar-refractivity contribution in [3.63, 3.8) is 0 Å². The summed E-state index contributed by atoms with van der Waals surface area (Å²) < 4.78 is 0. The predicted octanol–water partition coefficient (Wildman–Crippen LogP) is 1.69. The van der Waals surface area contributed by atoms with E-state index in [1.165, 1.54) is 17.5 Å². The zero-order valence-corrected chi connectivity index (χ0v) is 14.5. The highest BCUT2D eigenvalue weighted by Crippen LogP contribution is 2.24. The molecule has 6 heteroatoms. The standard InChI is InChI=1S/C19H25N5O/c1-14(7-15-5-3-2-4-6-15)10-21-11-16-8-17(25)12-24(16)19-9-18(20)22-13-23-19/h2-7,9,13,16-17,21,25H,8,10-12H2,1H3,(H2,20,22,23)/b14-7+/t16-,17-/m1/s1. The van der Waals surface area contributed by atoms with Crippen LogP contribution in [-0.4, -0.2) is 46.9 Å². The molecule has 0 aliphatic carbocycles. The second kappa shape index (κ2) is 8.09. The van der Waals surface area contributed by atoms with Gasteiger partial charge in [0.25, 0.3) is 0 Å². The Morgan fingerprint density at radius 3 is 2.92 bits per heavy atom. The summed E-state index contributed by atoms with van der Waals surface area (Å²) in [5.41, 5.74) is 8.23. The van der Waals surface area contributed by atoms with Gasteiger partial charge in [-0.15, -0.1) is 0 Å². The lowest BCUT2D eigenvalue weighted by Crippen LogP contribution is -2.39. The first kappa shape index (κ1) is 17.4. The molecule has 1 aliphatic rings. The van der Waals surface area contributed by atoms with E-state index in [-0.39, 0.29) is 12.1 Å². The van der Waals surface area contributed by atoms with Crippen molar-refractivity contribution < 1.29 is 5.11 Å². The molecule has 0 radical (unpaired) electrons. The number of nitrogens with two attached hydrogens (primary N) is 1. The number of hydrogen-bond donors (Lipinski definition) is 3. The minimum atomic E-state index is -0.344. The van der Waals surface area contributed by atoms with E-state index in [1.807, 2.05) is 18.2 Å². The molecule has 4 N–H and O–H groups in total. The Kier molecular flexibility index (Phi) is 5.63. The van der Waals surface area contributed by atoms with Crippen molar-refractivity contribution in [2.75, 3.05) is 30.3 Å². The number of aliphatic hydroxyl groups is 1. The largest absolute Gasteiger partial charge is 0.391 e. The molecule has 2 heterocycles. The van der Waals surface area contributed by atoms with Gasteiger partial charge in [0.1, 0.15) is 18.0 Å². The van der Waals surface area contributed by atoms with Crippen LogP contribution in [0, 0.1) is 0 Å². The Balaban J connectivity index is 1.57. The van der Waals surface area contributed by atoms with Crippen LogP contribution < -0.4 is 16.0 Å². The molecule has 25 heavy (non-hydrogen) atoms. The normalized spacial score (nSPS) is 20.9. The van der Waals surface area contributed by atoms with Gasteiger partial charge in [0.15, 0.2) is 0 Å². The fourth-order valence-corrected chi connectivity index (χ4v) is 3.21. The minimum absolute atomic E-state index is 0.189. The molecular weight excluding hydrogens is 314 g/mol. The molecule has 6 nitrogen and oxygen atoms in total. The summed E-state index contributed by atoms with van der Waals surface area (Å²) in [7, 11) is 0. The van der Waals surface area contributed by atoms with E-state index in [0.717, 1.165) is 25.3 Å². The first-order valence-electron chi connectivity index (χ1n) is 8.57. The van der Waals surface area contributed by atoms with Gasteiger partial charge in [-0.1, -0.05) is 42.0 Å². The summed E-state index contributed by atoms with van der Waals surface area (Å²) in [5, 5.41) is 13.5. The van der Waals surface area contributed by atoms with Crippen LogP contribution in [0.1, 0.15) is 18.9 Å². The lowest BCUT2D eigenvalue weighted by atomic mass is 10.1. The van der Waals surface area contributed by atoms with E-state index in [4.69, 9.17) is 5.73 Å². The van der Waals surface area contributed by atoms with Gasteiger partial charge in [-0.25, -0.2) is 9.97 Å². The van der Waals surface area contributed by atoms with Crippen molar-refractivity contribution in [1.29, 1.82) is 0 Å². The molecule has 0 spiro atoms. The number of nitrogens with zero attached hydrogens (tertiary/aromatic N) is 3. The number of nitrogen functional groups attached to an aromatic ring is 1. The van der Waals surface area contributed by atoms with Crippen LogP contribution >= 0.6 is 0 Å². The molecule has 2 atom stereocenters. The van der Waals surface area contributed by atoms with Crippen LogP contribution in [0.2, 0.25) is 0 Å². The van der Waals surface area contributed by atoms with Crippen LogP contribution in [0.25, 0.3) is 6.08 Å². The third-order valence-corrected chi connectivity index (χ3v) is 4.36. The van der Waals surface area contributed by atoms with Crippen molar-refractivity contribution in [2.24, 2.45) is 0 Å². The van der Waals surface area contributed by atoms with Crippen LogP contribution in [0.15, 0.2) is 48.3 Å². The van der Waals surface area contributed by atoms with Crippen LogP contribution in [0.4, 0.5) is 11.6 Å². The molecule has 1 saturated heterocycles. The summed E-state index contributed by atoms with van der Waals surface area (Å²) >= 11 is 0. The van der Waals surface area contributed by atoms with Gasteiger partial charge in [0.05, 0.1) is 6.10 Å². The summed E-state index contributed by atoms with van der Waals surface area (Å²) in [6, 6.07) is 12.2. The maximum atomic E-state index is 10.0. The lowest BCUT2D eigenvalue weighted by molar-refractivity contribution is 0.194. The van der Waals surface area contributed by atoms with Gasteiger partial charge in [-0.05, 0) is 18.9 Å². The average molecular weight is 339 g/mol. The Hall–Kier alpha value is -2.44. The predicted molar refractivity (Wildman–Crippen MR) is 101 cm³/mol. The van der Waals surface area contributed by atoms with Gasteiger partial charge < -0.3 is 21.1 Å². The Bertz CT molecular complexity index is 719. The van der Waals surface area contributed by atoms with E-state index in [9.17, 15) is 5.11 Å². The van der Waals surface area contributed by atoms with Crippen LogP contribution in [-0.2, 0) is 0 Å². The topological polar surface area (TPSA) is 87.3 Å². The highest BCUT2D eigenvalue weighted by atomic mass is 16.3. The third-order valence-electron chi connectivity index (χ3n) is 4.36. The van der Waals surface area contributed by atoms with Crippen molar-refractivity contribution in [2.45, 2.75) is 25.5 Å². The zero-order valence-electron chi connectivity index (χ0n) is 14.5. The Morgan fingerprint density at radius 1 is 1.36 bits per heavy atom. The fraction of sp³-hybridized carbons (Fsp3) is 0.368. The smallest absolute Gasteiger partial charge is 0.134 e. The second-order valence-corrected chi connectivity index (χ2v) is 6.53. The summed E-state index contributed by atoms with van der Waals surface area (Å²) in [6.07, 6.45) is 4.02. The number of aromatic nitrogens is 2. The highest BCUT2D eigenvalue weighted by molar-refractivity contribution is 5.52. The number of anilines is 2. The molecule has 0 unspecified atom stereocenters. The van der Waals surface area contributed by atoms with E-state index < -0.39 is 0 Å². The molecule has 0 amide bonds. The van der Waals surface area contributed by atoms with Crippen LogP contribution in [0.5, 0.6) is 0 Å². The van der Waals surface area contributed by atoms with Gasteiger partial charge in [-0.2, -0.15) is 0 Å². The van der Waals surface area contributed by atoms with Crippen molar-refractivity contribution in [3.05, 3.63) is 53.9 Å². The Morgan fingerprint density at radius 2 is 2.16 bits per heavy atom. The molecule has 132 valence electrons. The molecule has 3 rings (SSSR count). The first-order valence-corrected chi connectivity index (χ1v) is 8.57. The number of β-amino-alcohol motifs (C(OH)–C–C–N with tert-alkyl or cyclic N) is 1. The number of aliphatic hydroxyl groups excluding tert-OH is 1.